The molecule has 0 aliphatic heterocycles. The molecule has 126 valence electrons. The topological polar surface area (TPSA) is 81.4 Å². The van der Waals surface area contributed by atoms with E-state index >= 15 is 0 Å². The van der Waals surface area contributed by atoms with Gasteiger partial charge in [-0.1, -0.05) is 30.9 Å². The highest BCUT2D eigenvalue weighted by molar-refractivity contribution is 6.31. The number of anilines is 1. The number of hydrogen-bond donors (Lipinski definition) is 2. The third-order valence-electron chi connectivity index (χ3n) is 4.18. The van der Waals surface area contributed by atoms with Gasteiger partial charge in [-0.25, -0.2) is 4.79 Å². The lowest BCUT2D eigenvalue weighted by atomic mass is 9.89. The molecule has 1 saturated carbocycles. The predicted molar refractivity (Wildman–Crippen MR) is 90.3 cm³/mol. The van der Waals surface area contributed by atoms with Crippen LogP contribution >= 0.6 is 11.6 Å². The van der Waals surface area contributed by atoms with Gasteiger partial charge in [-0.3, -0.25) is 4.79 Å². The number of ether oxygens (including phenoxy) is 1. The van der Waals surface area contributed by atoms with Crippen LogP contribution in [0.3, 0.4) is 0 Å². The number of hydrogen-bond acceptors (Lipinski definition) is 4. The third kappa shape index (κ3) is 5.13. The molecule has 0 unspecified atom stereocenters. The highest BCUT2D eigenvalue weighted by atomic mass is 35.5. The van der Waals surface area contributed by atoms with Gasteiger partial charge in [0, 0.05) is 17.3 Å². The summed E-state index contributed by atoms with van der Waals surface area (Å²) in [6.45, 7) is 2.20. The van der Waals surface area contributed by atoms with Gasteiger partial charge in [0.2, 0.25) is 0 Å². The minimum Gasteiger partial charge on any atom is -0.449 e. The molecule has 1 aliphatic carbocycles. The van der Waals surface area contributed by atoms with E-state index in [-0.39, 0.29) is 17.2 Å². The number of nitrogens with one attached hydrogen (secondary N) is 1. The van der Waals surface area contributed by atoms with Crippen LogP contribution in [-0.2, 0) is 9.53 Å². The Morgan fingerprint density at radius 2 is 2.04 bits per heavy atom. The van der Waals surface area contributed by atoms with Crippen molar-refractivity contribution in [1.29, 1.82) is 0 Å². The molecule has 0 bridgehead atoms. The number of carbonyl (C=O) groups excluding carboxylic acids is 2. The molecule has 0 aromatic heterocycles. The quantitative estimate of drug-likeness (QED) is 0.638. The highest BCUT2D eigenvalue weighted by Gasteiger charge is 2.21. The molecule has 1 fully saturated rings. The first-order valence-corrected chi connectivity index (χ1v) is 8.39. The number of amides is 1. The molecule has 1 aromatic carbocycles. The largest absolute Gasteiger partial charge is 0.449 e. The summed E-state index contributed by atoms with van der Waals surface area (Å²) in [4.78, 5) is 24.1. The van der Waals surface area contributed by atoms with Gasteiger partial charge in [0.15, 0.2) is 6.10 Å². The third-order valence-corrected chi connectivity index (χ3v) is 4.41. The Morgan fingerprint density at radius 3 is 2.70 bits per heavy atom. The second kappa shape index (κ2) is 8.20. The van der Waals surface area contributed by atoms with Crippen molar-refractivity contribution >= 4 is 29.2 Å². The summed E-state index contributed by atoms with van der Waals surface area (Å²) in [5, 5.41) is 3.31. The average Bonchev–Trinajstić information content (AvgIpc) is 2.53. The van der Waals surface area contributed by atoms with Gasteiger partial charge in [-0.15, -0.1) is 0 Å². The second-order valence-corrected chi connectivity index (χ2v) is 6.46. The number of nitrogens with two attached hydrogens (primary N) is 1. The average molecular weight is 339 g/mol. The molecule has 1 aliphatic rings. The maximum atomic E-state index is 12.1. The molecule has 0 heterocycles. The van der Waals surface area contributed by atoms with Crippen molar-refractivity contribution in [3.63, 3.8) is 0 Å². The summed E-state index contributed by atoms with van der Waals surface area (Å²) in [5.74, 6) is -0.376. The van der Waals surface area contributed by atoms with Crippen LogP contribution in [0.15, 0.2) is 18.2 Å². The van der Waals surface area contributed by atoms with Crippen LogP contribution in [0.4, 0.5) is 5.69 Å². The molecule has 1 aromatic rings. The van der Waals surface area contributed by atoms with Crippen molar-refractivity contribution in [2.45, 2.75) is 45.1 Å². The lowest BCUT2D eigenvalue weighted by Gasteiger charge is -2.22. The zero-order chi connectivity index (χ0) is 16.8. The number of benzene rings is 1. The molecule has 5 nitrogen and oxygen atoms in total. The van der Waals surface area contributed by atoms with Crippen molar-refractivity contribution in [3.05, 3.63) is 28.8 Å². The van der Waals surface area contributed by atoms with Crippen LogP contribution in [0, 0.1) is 5.92 Å². The number of carbonyl (C=O) groups is 2. The minimum atomic E-state index is -0.860. The lowest BCUT2D eigenvalue weighted by Crippen LogP contribution is -2.38. The van der Waals surface area contributed by atoms with Gasteiger partial charge >= 0.3 is 5.97 Å². The molecule has 0 saturated heterocycles. The Labute approximate surface area is 141 Å². The summed E-state index contributed by atoms with van der Waals surface area (Å²) in [6, 6.07) is 4.53. The fourth-order valence-electron chi connectivity index (χ4n) is 2.78. The maximum absolute atomic E-state index is 12.1. The standard InChI is InChI=1S/C17H23ClN2O3/c1-11(16(21)20-10-12-5-3-2-4-6-12)23-17(22)14-8-7-13(18)9-15(14)19/h7-9,11-12H,2-6,10,19H2,1H3,(H,20,21)/t11-/m0/s1. The number of esters is 1. The summed E-state index contributed by atoms with van der Waals surface area (Å²) in [5.41, 5.74) is 6.19. The fourth-order valence-corrected chi connectivity index (χ4v) is 2.96. The molecule has 3 N–H and O–H groups in total. The summed E-state index contributed by atoms with van der Waals surface area (Å²) < 4.78 is 5.18. The summed E-state index contributed by atoms with van der Waals surface area (Å²) in [6.07, 6.45) is 5.16. The van der Waals surface area contributed by atoms with Crippen molar-refractivity contribution in [2.24, 2.45) is 5.92 Å². The molecule has 23 heavy (non-hydrogen) atoms. The van der Waals surface area contributed by atoms with E-state index in [0.717, 1.165) is 12.8 Å². The zero-order valence-electron chi connectivity index (χ0n) is 13.3. The van der Waals surface area contributed by atoms with Crippen molar-refractivity contribution in [1.82, 2.24) is 5.32 Å². The highest BCUT2D eigenvalue weighted by Crippen LogP contribution is 2.23. The number of halogens is 1. The maximum Gasteiger partial charge on any atom is 0.341 e. The van der Waals surface area contributed by atoms with Crippen molar-refractivity contribution in [3.8, 4) is 0 Å². The number of rotatable bonds is 5. The molecule has 1 amide bonds. The Bertz CT molecular complexity index is 571. The molecular formula is C17H23ClN2O3. The van der Waals surface area contributed by atoms with Gasteiger partial charge in [0.25, 0.3) is 5.91 Å². The SMILES string of the molecule is C[C@H](OC(=O)c1ccc(Cl)cc1N)C(=O)NCC1CCCCC1. The van der Waals surface area contributed by atoms with Crippen LogP contribution in [0.5, 0.6) is 0 Å². The fraction of sp³-hybridized carbons (Fsp3) is 0.529. The van der Waals surface area contributed by atoms with Gasteiger partial charge < -0.3 is 15.8 Å². The van der Waals surface area contributed by atoms with E-state index < -0.39 is 12.1 Å². The first-order chi connectivity index (χ1) is 11.0. The van der Waals surface area contributed by atoms with Crippen LogP contribution in [0.2, 0.25) is 5.02 Å². The molecule has 6 heteroatoms. The first-order valence-electron chi connectivity index (χ1n) is 8.01. The molecule has 0 radical (unpaired) electrons. The van der Waals surface area contributed by atoms with E-state index in [1.54, 1.807) is 13.0 Å². The summed E-state index contributed by atoms with van der Waals surface area (Å²) >= 11 is 5.80. The van der Waals surface area contributed by atoms with Crippen LogP contribution in [0.25, 0.3) is 0 Å². The Morgan fingerprint density at radius 1 is 1.35 bits per heavy atom. The smallest absolute Gasteiger partial charge is 0.341 e. The van der Waals surface area contributed by atoms with E-state index in [0.29, 0.717) is 17.5 Å². The lowest BCUT2D eigenvalue weighted by molar-refractivity contribution is -0.129. The van der Waals surface area contributed by atoms with Gasteiger partial charge in [-0.2, -0.15) is 0 Å². The molecule has 1 atom stereocenters. The Balaban J connectivity index is 1.83. The molecule has 2 rings (SSSR count). The van der Waals surface area contributed by atoms with Crippen LogP contribution in [-0.4, -0.2) is 24.5 Å². The van der Waals surface area contributed by atoms with Gasteiger partial charge in [0.1, 0.15) is 0 Å². The number of nitrogen functional groups attached to an aromatic ring is 1. The monoisotopic (exact) mass is 338 g/mol. The predicted octanol–water partition coefficient (Wildman–Crippen LogP) is 3.16. The summed E-state index contributed by atoms with van der Waals surface area (Å²) in [7, 11) is 0. The van der Waals surface area contributed by atoms with Crippen LogP contribution < -0.4 is 11.1 Å². The van der Waals surface area contributed by atoms with E-state index in [1.807, 2.05) is 0 Å². The van der Waals surface area contributed by atoms with E-state index in [2.05, 4.69) is 5.32 Å². The van der Waals surface area contributed by atoms with Crippen molar-refractivity contribution in [2.75, 3.05) is 12.3 Å². The normalized spacial score (nSPS) is 16.6. The first kappa shape index (κ1) is 17.6. The second-order valence-electron chi connectivity index (χ2n) is 6.03. The minimum absolute atomic E-state index is 0.210. The zero-order valence-corrected chi connectivity index (χ0v) is 14.1. The van der Waals surface area contributed by atoms with Gasteiger partial charge in [-0.05, 0) is 43.9 Å². The molecule has 0 spiro atoms. The Hall–Kier alpha value is -1.75. The molecular weight excluding hydrogens is 316 g/mol. The van der Waals surface area contributed by atoms with E-state index in [1.165, 1.54) is 31.4 Å². The van der Waals surface area contributed by atoms with Crippen LogP contribution in [0.1, 0.15) is 49.4 Å². The van der Waals surface area contributed by atoms with E-state index in [4.69, 9.17) is 22.1 Å². The Kier molecular flexibility index (Phi) is 6.28. The van der Waals surface area contributed by atoms with Crippen molar-refractivity contribution < 1.29 is 14.3 Å². The van der Waals surface area contributed by atoms with E-state index in [9.17, 15) is 9.59 Å². The van der Waals surface area contributed by atoms with Gasteiger partial charge in [0.05, 0.1) is 5.56 Å².